The average molecular weight is 452 g/mol. The number of nitrogens with one attached hydrogen (secondary N) is 1. The topological polar surface area (TPSA) is 61.4 Å². The molecule has 0 atom stereocenters. The van der Waals surface area contributed by atoms with Gasteiger partial charge in [0.25, 0.3) is 5.91 Å². The van der Waals surface area contributed by atoms with Crippen LogP contribution in [0.5, 0.6) is 0 Å². The second kappa shape index (κ2) is 12.1. The molecule has 0 bridgehead atoms. The molecule has 6 nitrogen and oxygen atoms in total. The number of rotatable bonds is 3. The molecule has 1 aromatic carbocycles. The predicted molar refractivity (Wildman–Crippen MR) is 126 cm³/mol. The molecule has 0 unspecified atom stereocenters. The van der Waals surface area contributed by atoms with E-state index >= 15 is 0 Å². The van der Waals surface area contributed by atoms with Crippen molar-refractivity contribution in [3.05, 3.63) is 42.0 Å². The minimum Gasteiger partial charge on any atom is -0.355 e. The third-order valence-electron chi connectivity index (χ3n) is 5.61. The van der Waals surface area contributed by atoms with Gasteiger partial charge in [0.2, 0.25) is 0 Å². The Morgan fingerprint density at radius 1 is 0.833 bits per heavy atom. The van der Waals surface area contributed by atoms with Crippen molar-refractivity contribution < 1.29 is 4.79 Å². The molecule has 2 aromatic rings. The van der Waals surface area contributed by atoms with Crippen LogP contribution in [-0.2, 0) is 0 Å². The summed E-state index contributed by atoms with van der Waals surface area (Å²) >= 11 is 0. The highest BCUT2D eigenvalue weighted by atomic mass is 35.5. The summed E-state index contributed by atoms with van der Waals surface area (Å²) in [4.78, 5) is 17.2. The van der Waals surface area contributed by atoms with Gasteiger partial charge in [-0.3, -0.25) is 4.79 Å². The van der Waals surface area contributed by atoms with E-state index < -0.39 is 0 Å². The molecule has 1 amide bonds. The van der Waals surface area contributed by atoms with Gasteiger partial charge in [-0.2, -0.15) is 0 Å². The van der Waals surface area contributed by atoms with E-state index in [1.807, 2.05) is 35.2 Å². The van der Waals surface area contributed by atoms with E-state index in [9.17, 15) is 4.79 Å². The Balaban J connectivity index is 0.00000160. The van der Waals surface area contributed by atoms with Crippen molar-refractivity contribution in [1.29, 1.82) is 0 Å². The lowest BCUT2D eigenvalue weighted by Gasteiger charge is -2.21. The molecule has 0 aliphatic carbocycles. The smallest absolute Gasteiger partial charge is 0.253 e. The molecule has 2 aliphatic heterocycles. The van der Waals surface area contributed by atoms with Crippen molar-refractivity contribution in [3.8, 4) is 11.3 Å². The molecule has 2 fully saturated rings. The number of nitrogens with zero attached hydrogens (tertiary/aromatic N) is 4. The second-order valence-electron chi connectivity index (χ2n) is 7.65. The Morgan fingerprint density at radius 3 is 2.37 bits per heavy atom. The summed E-state index contributed by atoms with van der Waals surface area (Å²) in [5, 5.41) is 12.3. The molecule has 0 spiro atoms. The predicted octanol–water partition coefficient (Wildman–Crippen LogP) is 3.80. The Bertz CT molecular complexity index is 786. The van der Waals surface area contributed by atoms with Crippen LogP contribution in [0.2, 0.25) is 0 Å². The first-order chi connectivity index (χ1) is 13.8. The standard InChI is InChI=1S/C22H29N5O.2ClH/c28-22(27-15-6-11-23-12-16-27)19-8-5-7-18(17-19)20-9-10-21(25-24-20)26-13-3-1-2-4-14-26;;/h5,7-10,17,23H,1-4,6,11-16H2;2*1H. The van der Waals surface area contributed by atoms with Crippen LogP contribution in [0.3, 0.4) is 0 Å². The van der Waals surface area contributed by atoms with Gasteiger partial charge in [-0.1, -0.05) is 25.0 Å². The number of halogens is 2. The van der Waals surface area contributed by atoms with E-state index in [-0.39, 0.29) is 30.7 Å². The summed E-state index contributed by atoms with van der Waals surface area (Å²) in [5.74, 6) is 1.05. The number of hydrogen-bond donors (Lipinski definition) is 1. The molecule has 2 aliphatic rings. The van der Waals surface area contributed by atoms with E-state index in [0.29, 0.717) is 0 Å². The minimum absolute atomic E-state index is 0. The van der Waals surface area contributed by atoms with Crippen molar-refractivity contribution in [2.24, 2.45) is 0 Å². The van der Waals surface area contributed by atoms with Crippen molar-refractivity contribution in [2.45, 2.75) is 32.1 Å². The van der Waals surface area contributed by atoms with E-state index in [4.69, 9.17) is 0 Å². The van der Waals surface area contributed by atoms with Gasteiger partial charge in [-0.15, -0.1) is 35.0 Å². The molecule has 8 heteroatoms. The van der Waals surface area contributed by atoms with Gasteiger partial charge in [0, 0.05) is 43.9 Å². The summed E-state index contributed by atoms with van der Waals surface area (Å²) < 4.78 is 0. The molecule has 1 aromatic heterocycles. The number of anilines is 1. The van der Waals surface area contributed by atoms with Crippen molar-refractivity contribution in [1.82, 2.24) is 20.4 Å². The molecular formula is C22H31Cl2N5O. The molecule has 0 radical (unpaired) electrons. The number of hydrogen-bond acceptors (Lipinski definition) is 5. The van der Waals surface area contributed by atoms with Gasteiger partial charge >= 0.3 is 0 Å². The van der Waals surface area contributed by atoms with Crippen LogP contribution in [0, 0.1) is 0 Å². The zero-order valence-corrected chi connectivity index (χ0v) is 18.9. The Labute approximate surface area is 191 Å². The zero-order chi connectivity index (χ0) is 19.2. The number of carbonyl (C=O) groups excluding carboxylic acids is 1. The Morgan fingerprint density at radius 2 is 1.63 bits per heavy atom. The largest absolute Gasteiger partial charge is 0.355 e. The van der Waals surface area contributed by atoms with Crippen LogP contribution in [-0.4, -0.2) is 60.3 Å². The highest BCUT2D eigenvalue weighted by molar-refractivity contribution is 5.95. The van der Waals surface area contributed by atoms with Crippen LogP contribution in [0.15, 0.2) is 36.4 Å². The lowest BCUT2D eigenvalue weighted by molar-refractivity contribution is 0.0766. The van der Waals surface area contributed by atoms with Crippen molar-refractivity contribution in [3.63, 3.8) is 0 Å². The Kier molecular flexibility index (Phi) is 9.82. The fourth-order valence-electron chi connectivity index (χ4n) is 3.99. The SMILES string of the molecule is Cl.Cl.O=C(c1cccc(-c2ccc(N3CCCCCC3)nn2)c1)N1CCCNCC1. The maximum Gasteiger partial charge on any atom is 0.253 e. The zero-order valence-electron chi connectivity index (χ0n) is 17.3. The molecular weight excluding hydrogens is 421 g/mol. The van der Waals surface area contributed by atoms with Crippen LogP contribution in [0.1, 0.15) is 42.5 Å². The summed E-state index contributed by atoms with van der Waals surface area (Å²) in [6, 6.07) is 11.8. The maximum atomic E-state index is 12.9. The molecule has 164 valence electrons. The van der Waals surface area contributed by atoms with Gasteiger partial charge in [0.15, 0.2) is 5.82 Å². The fraction of sp³-hybridized carbons (Fsp3) is 0.500. The van der Waals surface area contributed by atoms with Gasteiger partial charge in [-0.05, 0) is 50.1 Å². The number of aromatic nitrogens is 2. The second-order valence-corrected chi connectivity index (χ2v) is 7.65. The van der Waals surface area contributed by atoms with E-state index in [2.05, 4.69) is 26.5 Å². The van der Waals surface area contributed by atoms with Gasteiger partial charge in [-0.25, -0.2) is 0 Å². The molecule has 0 saturated carbocycles. The fourth-order valence-corrected chi connectivity index (χ4v) is 3.99. The molecule has 2 saturated heterocycles. The van der Waals surface area contributed by atoms with Crippen LogP contribution in [0.25, 0.3) is 11.3 Å². The normalized spacial score (nSPS) is 17.2. The lowest BCUT2D eigenvalue weighted by Crippen LogP contribution is -2.34. The van der Waals surface area contributed by atoms with Gasteiger partial charge in [0.1, 0.15) is 0 Å². The van der Waals surface area contributed by atoms with Gasteiger partial charge in [0.05, 0.1) is 5.69 Å². The third kappa shape index (κ3) is 6.06. The Hall–Kier alpha value is -1.89. The number of carbonyl (C=O) groups is 1. The quantitative estimate of drug-likeness (QED) is 0.768. The summed E-state index contributed by atoms with van der Waals surface area (Å²) in [7, 11) is 0. The first-order valence-electron chi connectivity index (χ1n) is 10.5. The van der Waals surface area contributed by atoms with Gasteiger partial charge < -0.3 is 15.1 Å². The van der Waals surface area contributed by atoms with E-state index in [1.165, 1.54) is 25.7 Å². The molecule has 1 N–H and O–H groups in total. The number of amides is 1. The molecule has 30 heavy (non-hydrogen) atoms. The van der Waals surface area contributed by atoms with Crippen LogP contribution < -0.4 is 10.2 Å². The highest BCUT2D eigenvalue weighted by Gasteiger charge is 2.18. The molecule has 3 heterocycles. The highest BCUT2D eigenvalue weighted by Crippen LogP contribution is 2.22. The van der Waals surface area contributed by atoms with E-state index in [1.54, 1.807) is 0 Å². The monoisotopic (exact) mass is 451 g/mol. The van der Waals surface area contributed by atoms with Crippen molar-refractivity contribution >= 4 is 36.5 Å². The average Bonchev–Trinajstić information content (AvgIpc) is 3.19. The maximum absolute atomic E-state index is 12.9. The first kappa shape index (κ1) is 24.4. The van der Waals surface area contributed by atoms with Crippen LogP contribution >= 0.6 is 24.8 Å². The summed E-state index contributed by atoms with van der Waals surface area (Å²) in [6.45, 7) is 5.51. The minimum atomic E-state index is 0. The lowest BCUT2D eigenvalue weighted by atomic mass is 10.1. The summed E-state index contributed by atoms with van der Waals surface area (Å²) in [6.07, 6.45) is 6.04. The first-order valence-corrected chi connectivity index (χ1v) is 10.5. The van der Waals surface area contributed by atoms with Crippen molar-refractivity contribution in [2.75, 3.05) is 44.2 Å². The van der Waals surface area contributed by atoms with Crippen LogP contribution in [0.4, 0.5) is 5.82 Å². The number of benzene rings is 1. The third-order valence-corrected chi connectivity index (χ3v) is 5.61. The van der Waals surface area contributed by atoms with E-state index in [0.717, 1.165) is 68.3 Å². The molecule has 4 rings (SSSR count). The summed E-state index contributed by atoms with van der Waals surface area (Å²) in [5.41, 5.74) is 2.47.